The Labute approximate surface area is 210 Å². The normalized spacial score (nSPS) is 52.8. The topological polar surface area (TPSA) is 91.7 Å². The Hall–Kier alpha value is -1.49. The number of fused-ring (bicyclic) bond motifs is 7. The molecule has 9 atom stereocenters. The van der Waals surface area contributed by atoms with Crippen LogP contribution in [0.4, 0.5) is 0 Å². The van der Waals surface area contributed by atoms with Gasteiger partial charge in [-0.25, -0.2) is 0 Å². The predicted octanol–water partition coefficient (Wildman–Crippen LogP) is 5.59. The SMILES string of the molecule is CC1(C)[C@@H](O)CC(=O)[C@]2(C)[C@H]3CC=C4[C@@H]5C[C@@](C)(C=O)CC[C@]5(C(=O)O)CC[C@@]4(C)[C@]3(C)CC[C@@H]12. The maximum absolute atomic E-state index is 13.7. The minimum atomic E-state index is -0.787. The Kier molecular flexibility index (Phi) is 5.25. The zero-order chi connectivity index (χ0) is 25.8. The number of aldehydes is 1. The fraction of sp³-hybridized carbons (Fsp3) is 0.833. The third-order valence-corrected chi connectivity index (χ3v) is 13.0. The summed E-state index contributed by atoms with van der Waals surface area (Å²) in [5.41, 5.74) is -1.15. The molecule has 0 bridgehead atoms. The van der Waals surface area contributed by atoms with E-state index in [1.54, 1.807) is 0 Å². The van der Waals surface area contributed by atoms with Crippen molar-refractivity contribution in [2.24, 2.45) is 50.2 Å². The summed E-state index contributed by atoms with van der Waals surface area (Å²) in [7, 11) is 0. The number of hydrogen-bond donors (Lipinski definition) is 2. The van der Waals surface area contributed by atoms with E-state index >= 15 is 0 Å². The minimum Gasteiger partial charge on any atom is -0.481 e. The molecule has 5 aliphatic carbocycles. The summed E-state index contributed by atoms with van der Waals surface area (Å²) >= 11 is 0. The van der Waals surface area contributed by atoms with Gasteiger partial charge in [0.15, 0.2) is 0 Å². The molecule has 5 heteroatoms. The molecule has 4 saturated carbocycles. The van der Waals surface area contributed by atoms with E-state index < -0.39 is 28.3 Å². The second-order valence-corrected chi connectivity index (χ2v) is 14.5. The van der Waals surface area contributed by atoms with E-state index in [-0.39, 0.29) is 46.2 Å². The Morgan fingerprint density at radius 1 is 1.00 bits per heavy atom. The monoisotopic (exact) mass is 484 g/mol. The van der Waals surface area contributed by atoms with E-state index in [0.29, 0.717) is 25.7 Å². The van der Waals surface area contributed by atoms with Gasteiger partial charge in [-0.1, -0.05) is 53.2 Å². The molecule has 4 fully saturated rings. The van der Waals surface area contributed by atoms with E-state index in [4.69, 9.17) is 0 Å². The number of carboxylic acid groups (broad SMARTS) is 1. The van der Waals surface area contributed by atoms with E-state index in [2.05, 4.69) is 40.7 Å². The molecule has 0 aromatic carbocycles. The predicted molar refractivity (Wildman–Crippen MR) is 133 cm³/mol. The Morgan fingerprint density at radius 3 is 2.29 bits per heavy atom. The lowest BCUT2D eigenvalue weighted by Crippen LogP contribution is -2.67. The van der Waals surface area contributed by atoms with E-state index in [9.17, 15) is 24.6 Å². The molecule has 0 aromatic rings. The number of aliphatic hydroxyl groups is 1. The van der Waals surface area contributed by atoms with Gasteiger partial charge in [0.05, 0.1) is 11.5 Å². The zero-order valence-corrected chi connectivity index (χ0v) is 22.4. The number of ketones is 1. The van der Waals surface area contributed by atoms with Crippen molar-refractivity contribution in [2.75, 3.05) is 0 Å². The van der Waals surface area contributed by atoms with Crippen LogP contribution >= 0.6 is 0 Å². The van der Waals surface area contributed by atoms with E-state index in [1.165, 1.54) is 5.57 Å². The van der Waals surface area contributed by atoms with Gasteiger partial charge in [0.25, 0.3) is 0 Å². The van der Waals surface area contributed by atoms with Crippen LogP contribution in [0.2, 0.25) is 0 Å². The van der Waals surface area contributed by atoms with Crippen LogP contribution in [0.25, 0.3) is 0 Å². The summed E-state index contributed by atoms with van der Waals surface area (Å²) < 4.78 is 0. The molecule has 194 valence electrons. The van der Waals surface area contributed by atoms with Crippen LogP contribution < -0.4 is 0 Å². The molecular formula is C30H44O5. The average Bonchev–Trinajstić information content (AvgIpc) is 2.78. The highest BCUT2D eigenvalue weighted by Crippen LogP contribution is 2.75. The molecule has 0 heterocycles. The first-order valence-corrected chi connectivity index (χ1v) is 13.7. The van der Waals surface area contributed by atoms with Crippen molar-refractivity contribution in [1.82, 2.24) is 0 Å². The van der Waals surface area contributed by atoms with Crippen LogP contribution in [0.1, 0.15) is 99.3 Å². The van der Waals surface area contributed by atoms with Gasteiger partial charge in [0.2, 0.25) is 0 Å². The number of carbonyl (C=O) groups excluding carboxylic acids is 2. The second kappa shape index (κ2) is 7.30. The lowest BCUT2D eigenvalue weighted by Gasteiger charge is -2.70. The highest BCUT2D eigenvalue weighted by atomic mass is 16.4. The van der Waals surface area contributed by atoms with Crippen LogP contribution in [-0.2, 0) is 14.4 Å². The van der Waals surface area contributed by atoms with Crippen LogP contribution in [0.15, 0.2) is 11.6 Å². The smallest absolute Gasteiger partial charge is 0.310 e. The van der Waals surface area contributed by atoms with Crippen molar-refractivity contribution in [3.05, 3.63) is 11.6 Å². The molecule has 0 aliphatic heterocycles. The first-order chi connectivity index (χ1) is 16.1. The summed E-state index contributed by atoms with van der Waals surface area (Å²) in [4.78, 5) is 38.5. The molecule has 5 aliphatic rings. The summed E-state index contributed by atoms with van der Waals surface area (Å²) in [5.74, 6) is -0.337. The second-order valence-electron chi connectivity index (χ2n) is 14.5. The first kappa shape index (κ1) is 25.2. The third-order valence-electron chi connectivity index (χ3n) is 13.0. The van der Waals surface area contributed by atoms with Gasteiger partial charge >= 0.3 is 5.97 Å². The Balaban J connectivity index is 1.63. The summed E-state index contributed by atoms with van der Waals surface area (Å²) in [6.45, 7) is 13.1. The molecule has 35 heavy (non-hydrogen) atoms. The molecule has 0 unspecified atom stereocenters. The van der Waals surface area contributed by atoms with Crippen LogP contribution in [0.3, 0.4) is 0 Å². The number of carbonyl (C=O) groups is 3. The minimum absolute atomic E-state index is 0.129. The van der Waals surface area contributed by atoms with Crippen molar-refractivity contribution in [1.29, 1.82) is 0 Å². The van der Waals surface area contributed by atoms with Gasteiger partial charge in [0, 0.05) is 17.3 Å². The van der Waals surface area contributed by atoms with Crippen molar-refractivity contribution in [3.8, 4) is 0 Å². The largest absolute Gasteiger partial charge is 0.481 e. The van der Waals surface area contributed by atoms with Gasteiger partial charge in [-0.2, -0.15) is 0 Å². The van der Waals surface area contributed by atoms with Gasteiger partial charge in [-0.05, 0) is 85.4 Å². The van der Waals surface area contributed by atoms with E-state index in [0.717, 1.165) is 32.0 Å². The standard InChI is InChI=1S/C30H44O5/c1-25(2)20-9-10-28(5)21(29(20,6)23(33)15-22(25)32)8-7-18-19-16-26(3,17-31)11-13-30(19,24(34)35)14-12-27(18,28)4/h7,17,19-22,32H,8-16H2,1-6H3,(H,34,35)/t19-,20-,21-,22-,26-,27+,28+,29-,30-/m0/s1. The van der Waals surface area contributed by atoms with Crippen LogP contribution in [-0.4, -0.2) is 34.4 Å². The summed E-state index contributed by atoms with van der Waals surface area (Å²) in [6, 6.07) is 0. The van der Waals surface area contributed by atoms with E-state index in [1.807, 2.05) is 6.92 Å². The summed E-state index contributed by atoms with van der Waals surface area (Å²) in [6.07, 6.45) is 8.88. The molecule has 0 saturated heterocycles. The quantitative estimate of drug-likeness (QED) is 0.394. The van der Waals surface area contributed by atoms with Crippen LogP contribution in [0, 0.1) is 50.2 Å². The molecular weight excluding hydrogens is 440 g/mol. The fourth-order valence-electron chi connectivity index (χ4n) is 10.3. The lowest BCUT2D eigenvalue weighted by molar-refractivity contribution is -0.203. The number of Topliss-reactive ketones (excluding diaryl/α,β-unsaturated/α-hetero) is 1. The summed E-state index contributed by atoms with van der Waals surface area (Å²) in [5, 5.41) is 21.3. The van der Waals surface area contributed by atoms with Gasteiger partial charge in [-0.3, -0.25) is 9.59 Å². The van der Waals surface area contributed by atoms with Crippen molar-refractivity contribution >= 4 is 18.0 Å². The molecule has 0 amide bonds. The molecule has 0 spiro atoms. The van der Waals surface area contributed by atoms with Crippen molar-refractivity contribution < 1.29 is 24.6 Å². The third kappa shape index (κ3) is 2.88. The fourth-order valence-corrected chi connectivity index (χ4v) is 10.3. The maximum Gasteiger partial charge on any atom is 0.310 e. The maximum atomic E-state index is 13.7. The van der Waals surface area contributed by atoms with Crippen molar-refractivity contribution in [2.45, 2.75) is 105 Å². The zero-order valence-electron chi connectivity index (χ0n) is 22.4. The lowest BCUT2D eigenvalue weighted by atomic mass is 9.33. The Morgan fingerprint density at radius 2 is 1.66 bits per heavy atom. The molecule has 0 aromatic heterocycles. The average molecular weight is 485 g/mol. The molecule has 5 nitrogen and oxygen atoms in total. The van der Waals surface area contributed by atoms with Crippen molar-refractivity contribution in [3.63, 3.8) is 0 Å². The number of hydrogen-bond acceptors (Lipinski definition) is 4. The Bertz CT molecular complexity index is 1010. The first-order valence-electron chi connectivity index (χ1n) is 13.7. The molecule has 0 radical (unpaired) electrons. The number of aliphatic carboxylic acids is 1. The molecule has 5 rings (SSSR count). The highest BCUT2D eigenvalue weighted by Gasteiger charge is 2.71. The van der Waals surface area contributed by atoms with Gasteiger partial charge < -0.3 is 15.0 Å². The number of carboxylic acids is 1. The molecule has 2 N–H and O–H groups in total. The van der Waals surface area contributed by atoms with Crippen LogP contribution in [0.5, 0.6) is 0 Å². The number of rotatable bonds is 2. The number of allylic oxidation sites excluding steroid dienone is 2. The van der Waals surface area contributed by atoms with Gasteiger partial charge in [-0.15, -0.1) is 0 Å². The number of aliphatic hydroxyl groups excluding tert-OH is 1. The van der Waals surface area contributed by atoms with Gasteiger partial charge in [0.1, 0.15) is 12.1 Å². The highest BCUT2D eigenvalue weighted by molar-refractivity contribution is 5.87.